The Morgan fingerprint density at radius 3 is 2.19 bits per heavy atom. The number of nitrogens with zero attached hydrogens (tertiary/aromatic N) is 1. The van der Waals surface area contributed by atoms with Gasteiger partial charge >= 0.3 is 0 Å². The van der Waals surface area contributed by atoms with E-state index in [1.54, 1.807) is 51.9 Å². The Labute approximate surface area is 185 Å². The van der Waals surface area contributed by atoms with Crippen molar-refractivity contribution in [1.29, 1.82) is 0 Å². The van der Waals surface area contributed by atoms with E-state index in [1.807, 2.05) is 30.5 Å². The molecule has 31 heavy (non-hydrogen) atoms. The predicted molar refractivity (Wildman–Crippen MR) is 120 cm³/mol. The first kappa shape index (κ1) is 22.4. The minimum atomic E-state index is -0.137. The van der Waals surface area contributed by atoms with Crippen LogP contribution in [0, 0.1) is 6.92 Å². The topological polar surface area (TPSA) is 78.9 Å². The molecule has 0 aliphatic heterocycles. The van der Waals surface area contributed by atoms with E-state index in [4.69, 9.17) is 18.9 Å². The van der Waals surface area contributed by atoms with E-state index in [2.05, 4.69) is 10.3 Å². The summed E-state index contributed by atoms with van der Waals surface area (Å²) < 4.78 is 21.5. The lowest BCUT2D eigenvalue weighted by atomic mass is 10.0. The summed E-state index contributed by atoms with van der Waals surface area (Å²) in [7, 11) is 6.30. The maximum Gasteiger partial charge on any atom is 0.224 e. The van der Waals surface area contributed by atoms with E-state index in [1.165, 1.54) is 0 Å². The number of methoxy groups -OCH3 is 4. The molecule has 7 nitrogen and oxygen atoms in total. The van der Waals surface area contributed by atoms with Crippen molar-refractivity contribution < 1.29 is 23.7 Å². The Balaban J connectivity index is 1.75. The molecule has 0 aliphatic rings. The molecule has 1 heterocycles. The van der Waals surface area contributed by atoms with Gasteiger partial charge in [-0.25, -0.2) is 4.98 Å². The molecule has 8 heteroatoms. The van der Waals surface area contributed by atoms with E-state index in [0.29, 0.717) is 23.0 Å². The van der Waals surface area contributed by atoms with Crippen molar-refractivity contribution in [2.45, 2.75) is 19.9 Å². The van der Waals surface area contributed by atoms with Crippen LogP contribution < -0.4 is 24.3 Å². The maximum absolute atomic E-state index is 12.7. The molecule has 0 saturated heterocycles. The number of hydrogen-bond donors (Lipinski definition) is 1. The number of ether oxygens (including phenoxy) is 4. The summed E-state index contributed by atoms with van der Waals surface area (Å²) in [5.74, 6) is 2.27. The predicted octanol–water partition coefficient (Wildman–Crippen LogP) is 4.01. The second kappa shape index (κ2) is 10.2. The summed E-state index contributed by atoms with van der Waals surface area (Å²) in [5.41, 5.74) is 3.42. The fourth-order valence-electron chi connectivity index (χ4n) is 3.23. The summed E-state index contributed by atoms with van der Waals surface area (Å²) in [6.45, 7) is 2.25. The number of rotatable bonds is 9. The molecule has 1 N–H and O–H groups in total. The van der Waals surface area contributed by atoms with Crippen LogP contribution in [0.4, 0.5) is 0 Å². The van der Waals surface area contributed by atoms with Crippen LogP contribution in [0.25, 0.3) is 11.3 Å². The molecule has 0 atom stereocenters. The zero-order chi connectivity index (χ0) is 22.4. The Hall–Kier alpha value is -3.26. The number of carbonyl (C=O) groups is 1. The molecule has 3 aromatic rings. The van der Waals surface area contributed by atoms with Crippen LogP contribution in [-0.4, -0.2) is 39.3 Å². The molecule has 0 saturated carbocycles. The highest BCUT2D eigenvalue weighted by Gasteiger charge is 2.15. The van der Waals surface area contributed by atoms with Crippen LogP contribution >= 0.6 is 11.3 Å². The lowest BCUT2D eigenvalue weighted by Gasteiger charge is -2.15. The Bertz CT molecular complexity index is 1060. The first-order valence-corrected chi connectivity index (χ1v) is 10.5. The second-order valence-electron chi connectivity index (χ2n) is 6.75. The summed E-state index contributed by atoms with van der Waals surface area (Å²) in [5, 5.41) is 5.94. The smallest absolute Gasteiger partial charge is 0.224 e. The second-order valence-corrected chi connectivity index (χ2v) is 7.81. The zero-order valence-corrected chi connectivity index (χ0v) is 19.1. The van der Waals surface area contributed by atoms with Gasteiger partial charge in [0.2, 0.25) is 5.91 Å². The third-order valence-corrected chi connectivity index (χ3v) is 5.58. The number of benzene rings is 2. The lowest BCUT2D eigenvalue weighted by molar-refractivity contribution is -0.120. The highest BCUT2D eigenvalue weighted by atomic mass is 32.1. The molecule has 0 aliphatic carbocycles. The van der Waals surface area contributed by atoms with Gasteiger partial charge in [0.15, 0.2) is 11.5 Å². The average molecular weight is 443 g/mol. The van der Waals surface area contributed by atoms with Crippen molar-refractivity contribution in [3.8, 4) is 34.3 Å². The molecule has 0 unspecified atom stereocenters. The largest absolute Gasteiger partial charge is 0.496 e. The molecule has 1 aromatic heterocycles. The summed E-state index contributed by atoms with van der Waals surface area (Å²) in [6, 6.07) is 9.30. The van der Waals surface area contributed by atoms with Gasteiger partial charge in [-0.15, -0.1) is 11.3 Å². The maximum atomic E-state index is 12.7. The number of hydrogen-bond acceptors (Lipinski definition) is 7. The van der Waals surface area contributed by atoms with Gasteiger partial charge in [-0.2, -0.15) is 0 Å². The van der Waals surface area contributed by atoms with Gasteiger partial charge in [-0.05, 0) is 31.2 Å². The van der Waals surface area contributed by atoms with Crippen molar-refractivity contribution in [2.24, 2.45) is 0 Å². The van der Waals surface area contributed by atoms with E-state index in [0.717, 1.165) is 27.4 Å². The zero-order valence-electron chi connectivity index (χ0n) is 18.3. The summed E-state index contributed by atoms with van der Waals surface area (Å²) in [4.78, 5) is 17.2. The average Bonchev–Trinajstić information content (AvgIpc) is 3.23. The van der Waals surface area contributed by atoms with E-state index < -0.39 is 0 Å². The first-order chi connectivity index (χ1) is 15.0. The quantitative estimate of drug-likeness (QED) is 0.539. The van der Waals surface area contributed by atoms with Crippen molar-refractivity contribution in [3.05, 3.63) is 51.8 Å². The Kier molecular flexibility index (Phi) is 7.36. The van der Waals surface area contributed by atoms with Crippen LogP contribution in [0.3, 0.4) is 0 Å². The Morgan fingerprint density at radius 1 is 0.903 bits per heavy atom. The molecule has 1 amide bonds. The van der Waals surface area contributed by atoms with Crippen molar-refractivity contribution in [1.82, 2.24) is 10.3 Å². The molecule has 2 aromatic carbocycles. The summed E-state index contributed by atoms with van der Waals surface area (Å²) >= 11 is 1.59. The van der Waals surface area contributed by atoms with Gasteiger partial charge in [0.1, 0.15) is 11.5 Å². The highest BCUT2D eigenvalue weighted by molar-refractivity contribution is 7.09. The van der Waals surface area contributed by atoms with Crippen molar-refractivity contribution in [3.63, 3.8) is 0 Å². The minimum absolute atomic E-state index is 0.137. The number of nitrogens with one attached hydrogen (secondary N) is 1. The van der Waals surface area contributed by atoms with Crippen LogP contribution in [0.15, 0.2) is 35.7 Å². The fraction of sp³-hybridized carbons (Fsp3) is 0.304. The van der Waals surface area contributed by atoms with Crippen LogP contribution in [0.2, 0.25) is 0 Å². The van der Waals surface area contributed by atoms with Crippen LogP contribution in [0.1, 0.15) is 16.1 Å². The molecule has 164 valence electrons. The molecular weight excluding hydrogens is 416 g/mol. The Morgan fingerprint density at radius 2 is 1.58 bits per heavy atom. The highest BCUT2D eigenvalue weighted by Crippen LogP contribution is 2.34. The monoisotopic (exact) mass is 442 g/mol. The normalized spacial score (nSPS) is 10.5. The van der Waals surface area contributed by atoms with Gasteiger partial charge in [0.25, 0.3) is 0 Å². The van der Waals surface area contributed by atoms with Gasteiger partial charge < -0.3 is 24.3 Å². The van der Waals surface area contributed by atoms with Crippen LogP contribution in [0.5, 0.6) is 23.0 Å². The molecule has 0 radical (unpaired) electrons. The van der Waals surface area contributed by atoms with E-state index >= 15 is 0 Å². The molecule has 0 bridgehead atoms. The number of aryl methyl sites for hydroxylation is 1. The summed E-state index contributed by atoms with van der Waals surface area (Å²) in [6.07, 6.45) is 0.176. The van der Waals surface area contributed by atoms with E-state index in [9.17, 15) is 4.79 Å². The number of aromatic nitrogens is 1. The number of carbonyl (C=O) groups excluding carboxylic acids is 1. The third kappa shape index (κ3) is 5.27. The number of amides is 1. The molecular formula is C23H26N2O5S. The first-order valence-electron chi connectivity index (χ1n) is 9.64. The van der Waals surface area contributed by atoms with Gasteiger partial charge in [0.05, 0.1) is 45.6 Å². The lowest BCUT2D eigenvalue weighted by Crippen LogP contribution is -2.25. The van der Waals surface area contributed by atoms with Gasteiger partial charge in [-0.3, -0.25) is 4.79 Å². The molecule has 0 spiro atoms. The van der Waals surface area contributed by atoms with Crippen molar-refractivity contribution in [2.75, 3.05) is 28.4 Å². The van der Waals surface area contributed by atoms with Gasteiger partial charge in [0, 0.05) is 34.7 Å². The van der Waals surface area contributed by atoms with Crippen LogP contribution in [-0.2, 0) is 17.8 Å². The standard InChI is InChI=1S/C23H26N2O5S/c1-14-25-18(13-31-14)15-6-7-19(27-2)16(8-15)10-23(26)24-12-17-9-21(29-4)22(30-5)11-20(17)28-3/h6-9,11,13H,10,12H2,1-5H3,(H,24,26). The number of thiazole rings is 1. The molecule has 0 fully saturated rings. The SMILES string of the molecule is COc1cc(OC)c(OC)cc1CNC(=O)Cc1cc(-c2csc(C)n2)ccc1OC. The minimum Gasteiger partial charge on any atom is -0.496 e. The van der Waals surface area contributed by atoms with Gasteiger partial charge in [-0.1, -0.05) is 0 Å². The fourth-order valence-corrected chi connectivity index (χ4v) is 3.85. The van der Waals surface area contributed by atoms with E-state index in [-0.39, 0.29) is 18.9 Å². The molecule has 3 rings (SSSR count). The third-order valence-electron chi connectivity index (χ3n) is 4.81. The van der Waals surface area contributed by atoms with Crippen molar-refractivity contribution >= 4 is 17.2 Å².